The van der Waals surface area contributed by atoms with Gasteiger partial charge in [-0.1, -0.05) is 53.9 Å². The van der Waals surface area contributed by atoms with Gasteiger partial charge < -0.3 is 5.11 Å². The van der Waals surface area contributed by atoms with Gasteiger partial charge in [0.2, 0.25) is 0 Å². The summed E-state index contributed by atoms with van der Waals surface area (Å²) in [7, 11) is 0. The average molecular weight is 389 g/mol. The van der Waals surface area contributed by atoms with Crippen molar-refractivity contribution >= 4 is 0 Å². The maximum Gasteiger partial charge on any atom is 0.0543 e. The van der Waals surface area contributed by atoms with E-state index in [9.17, 15) is 5.11 Å². The van der Waals surface area contributed by atoms with Gasteiger partial charge in [-0.25, -0.2) is 0 Å². The molecule has 1 N–H and O–H groups in total. The molecule has 162 valence electrons. The minimum absolute atomic E-state index is 0.00830. The monoisotopic (exact) mass is 388 g/mol. The number of fused-ring (bicyclic) bond motifs is 5. The van der Waals surface area contributed by atoms with Crippen molar-refractivity contribution in [3.63, 3.8) is 0 Å². The van der Waals surface area contributed by atoms with Crippen LogP contribution in [-0.2, 0) is 0 Å². The summed E-state index contributed by atoms with van der Waals surface area (Å²) in [6, 6.07) is 0. The molecule has 0 aromatic carbocycles. The van der Waals surface area contributed by atoms with E-state index >= 15 is 0 Å². The first-order valence-corrected chi connectivity index (χ1v) is 12.9. The molecule has 0 aromatic heterocycles. The van der Waals surface area contributed by atoms with Gasteiger partial charge in [0.25, 0.3) is 0 Å². The molecule has 0 heterocycles. The molecule has 0 spiro atoms. The van der Waals surface area contributed by atoms with E-state index in [2.05, 4.69) is 34.6 Å². The van der Waals surface area contributed by atoms with Gasteiger partial charge in [-0.2, -0.15) is 0 Å². The van der Waals surface area contributed by atoms with E-state index in [0.29, 0.717) is 10.8 Å². The maximum atomic E-state index is 10.3. The van der Waals surface area contributed by atoms with Crippen LogP contribution in [0.5, 0.6) is 0 Å². The van der Waals surface area contributed by atoms with E-state index < -0.39 is 0 Å². The largest absolute Gasteiger partial charge is 0.393 e. The summed E-state index contributed by atoms with van der Waals surface area (Å²) in [5, 5.41) is 10.3. The topological polar surface area (TPSA) is 20.2 Å². The summed E-state index contributed by atoms with van der Waals surface area (Å²) in [5.41, 5.74) is 1.15. The van der Waals surface area contributed by atoms with Gasteiger partial charge in [0.05, 0.1) is 6.10 Å². The van der Waals surface area contributed by atoms with Crippen molar-refractivity contribution in [3.8, 4) is 0 Å². The summed E-state index contributed by atoms with van der Waals surface area (Å²) >= 11 is 0. The predicted octanol–water partition coefficient (Wildman–Crippen LogP) is 7.47. The van der Waals surface area contributed by atoms with Crippen LogP contribution in [0.4, 0.5) is 0 Å². The fraction of sp³-hybridized carbons (Fsp3) is 1.00. The maximum absolute atomic E-state index is 10.3. The Balaban J connectivity index is 1.46. The molecule has 4 aliphatic rings. The lowest BCUT2D eigenvalue weighted by Crippen LogP contribution is -2.54. The van der Waals surface area contributed by atoms with Crippen LogP contribution in [-0.4, -0.2) is 11.2 Å². The van der Waals surface area contributed by atoms with Gasteiger partial charge in [-0.15, -0.1) is 0 Å². The molecule has 0 unspecified atom stereocenters. The normalized spacial score (nSPS) is 49.4. The lowest BCUT2D eigenvalue weighted by atomic mass is 9.44. The number of aliphatic hydroxyl groups is 1. The third kappa shape index (κ3) is 3.50. The summed E-state index contributed by atoms with van der Waals surface area (Å²) < 4.78 is 0. The number of rotatable bonds is 5. The van der Waals surface area contributed by atoms with E-state index in [-0.39, 0.29) is 6.10 Å². The second-order valence-electron chi connectivity index (χ2n) is 12.6. The number of hydrogen-bond acceptors (Lipinski definition) is 1. The van der Waals surface area contributed by atoms with E-state index in [1.807, 2.05) is 0 Å². The van der Waals surface area contributed by atoms with Crippen LogP contribution in [0.2, 0.25) is 0 Å². The fourth-order valence-corrected chi connectivity index (χ4v) is 9.26. The molecule has 0 radical (unpaired) electrons. The zero-order chi connectivity index (χ0) is 20.1. The van der Waals surface area contributed by atoms with Gasteiger partial charge in [0.1, 0.15) is 0 Å². The van der Waals surface area contributed by atoms with Crippen molar-refractivity contribution in [1.82, 2.24) is 0 Å². The van der Waals surface area contributed by atoms with Crippen LogP contribution in [0.25, 0.3) is 0 Å². The molecular formula is C27H48O. The highest BCUT2D eigenvalue weighted by Gasteiger charge is 2.60. The summed E-state index contributed by atoms with van der Waals surface area (Å²) in [6.45, 7) is 12.7. The van der Waals surface area contributed by atoms with Crippen LogP contribution in [0.3, 0.4) is 0 Å². The molecule has 4 fully saturated rings. The molecule has 0 bridgehead atoms. The smallest absolute Gasteiger partial charge is 0.0543 e. The summed E-state index contributed by atoms with van der Waals surface area (Å²) in [5.74, 6) is 6.49. The fourth-order valence-electron chi connectivity index (χ4n) is 9.26. The zero-order valence-electron chi connectivity index (χ0n) is 19.6. The van der Waals surface area contributed by atoms with Crippen LogP contribution in [0.1, 0.15) is 112 Å². The Morgan fingerprint density at radius 3 is 2.29 bits per heavy atom. The third-order valence-electron chi connectivity index (χ3n) is 10.8. The van der Waals surface area contributed by atoms with Gasteiger partial charge in [0.15, 0.2) is 0 Å². The molecule has 0 aromatic rings. The van der Waals surface area contributed by atoms with E-state index in [4.69, 9.17) is 0 Å². The summed E-state index contributed by atoms with van der Waals surface area (Å²) in [6.07, 6.45) is 16.6. The molecule has 9 atom stereocenters. The first-order chi connectivity index (χ1) is 13.3. The molecule has 1 nitrogen and oxygen atoms in total. The molecular weight excluding hydrogens is 340 g/mol. The standard InChI is InChI=1S/C27H48O/c1-18(2)7-6-8-19(3)23-11-12-24-22-10-9-20-17-21(28)13-15-26(20,4)25(22)14-16-27(23,24)5/h18-25,28H,6-17H2,1-5H3/t19-,20-,21-,22-,23+,24+,25-,26-,27+/m0/s1. The zero-order valence-corrected chi connectivity index (χ0v) is 19.6. The molecule has 0 amide bonds. The van der Waals surface area contributed by atoms with Crippen LogP contribution < -0.4 is 0 Å². The average Bonchev–Trinajstić information content (AvgIpc) is 2.99. The lowest BCUT2D eigenvalue weighted by Gasteiger charge is -2.61. The van der Waals surface area contributed by atoms with Crippen LogP contribution >= 0.6 is 0 Å². The Bertz CT molecular complexity index is 540. The van der Waals surface area contributed by atoms with E-state index in [0.717, 1.165) is 54.3 Å². The van der Waals surface area contributed by atoms with Crippen LogP contribution in [0.15, 0.2) is 0 Å². The first-order valence-electron chi connectivity index (χ1n) is 12.9. The Morgan fingerprint density at radius 1 is 0.821 bits per heavy atom. The highest BCUT2D eigenvalue weighted by atomic mass is 16.3. The molecule has 0 aliphatic heterocycles. The van der Waals surface area contributed by atoms with Crippen molar-refractivity contribution in [2.75, 3.05) is 0 Å². The van der Waals surface area contributed by atoms with Crippen molar-refractivity contribution in [2.24, 2.45) is 52.3 Å². The van der Waals surface area contributed by atoms with Crippen LogP contribution in [0, 0.1) is 52.3 Å². The quantitative estimate of drug-likeness (QED) is 0.518. The molecule has 4 aliphatic carbocycles. The van der Waals surface area contributed by atoms with Crippen molar-refractivity contribution in [3.05, 3.63) is 0 Å². The number of hydrogen-bond donors (Lipinski definition) is 1. The Labute approximate surface area is 175 Å². The molecule has 0 saturated heterocycles. The Kier molecular flexibility index (Phi) is 5.98. The minimum atomic E-state index is -0.00830. The number of aliphatic hydroxyl groups excluding tert-OH is 1. The van der Waals surface area contributed by atoms with Crippen molar-refractivity contribution < 1.29 is 5.11 Å². The van der Waals surface area contributed by atoms with Gasteiger partial charge in [-0.3, -0.25) is 0 Å². The second-order valence-corrected chi connectivity index (χ2v) is 12.6. The molecule has 28 heavy (non-hydrogen) atoms. The Hall–Kier alpha value is -0.0400. The van der Waals surface area contributed by atoms with Crippen molar-refractivity contribution in [2.45, 2.75) is 118 Å². The highest BCUT2D eigenvalue weighted by molar-refractivity contribution is 5.09. The minimum Gasteiger partial charge on any atom is -0.393 e. The van der Waals surface area contributed by atoms with Gasteiger partial charge in [-0.05, 0) is 110 Å². The molecule has 1 heteroatoms. The first kappa shape index (κ1) is 21.2. The summed E-state index contributed by atoms with van der Waals surface area (Å²) in [4.78, 5) is 0. The van der Waals surface area contributed by atoms with Gasteiger partial charge >= 0.3 is 0 Å². The third-order valence-corrected chi connectivity index (χ3v) is 10.8. The molecule has 4 saturated carbocycles. The predicted molar refractivity (Wildman–Crippen MR) is 119 cm³/mol. The SMILES string of the molecule is CC(C)CCC[C@H](C)[C@H]1CC[C@@H]2[C@@H]3CC[C@H]4C[C@@H](O)CC[C@]4(C)[C@H]3CC[C@@]21C. The van der Waals surface area contributed by atoms with Crippen molar-refractivity contribution in [1.29, 1.82) is 0 Å². The second kappa shape index (κ2) is 7.90. The molecule has 4 rings (SSSR count). The lowest BCUT2D eigenvalue weighted by molar-refractivity contribution is -0.129. The van der Waals surface area contributed by atoms with E-state index in [1.165, 1.54) is 64.2 Å². The van der Waals surface area contributed by atoms with Gasteiger partial charge in [0, 0.05) is 0 Å². The Morgan fingerprint density at radius 2 is 1.54 bits per heavy atom. The highest BCUT2D eigenvalue weighted by Crippen LogP contribution is 2.68. The van der Waals surface area contributed by atoms with E-state index in [1.54, 1.807) is 0 Å².